The monoisotopic (exact) mass is 731 g/mol. The molecule has 0 saturated heterocycles. The Balaban J connectivity index is 1.10. The van der Waals surface area contributed by atoms with Crippen LogP contribution in [0.1, 0.15) is 0 Å². The molecular weight excluding hydrogens is 695 g/mol. The quantitative estimate of drug-likeness (QED) is 0.150. The van der Waals surface area contributed by atoms with Crippen LogP contribution in [0.25, 0.3) is 75.8 Å². The minimum Gasteiger partial charge on any atom is -0.310 e. The zero-order chi connectivity index (χ0) is 37.3. The normalized spacial score (nSPS) is 11.2. The van der Waals surface area contributed by atoms with Gasteiger partial charge in [-0.2, -0.15) is 0 Å². The summed E-state index contributed by atoms with van der Waals surface area (Å²) in [5.74, 6) is 0. The van der Waals surface area contributed by atoms with Crippen molar-refractivity contribution in [2.45, 2.75) is 0 Å². The van der Waals surface area contributed by atoms with Gasteiger partial charge in [-0.15, -0.1) is 11.3 Å². The van der Waals surface area contributed by atoms with Gasteiger partial charge in [0.1, 0.15) is 0 Å². The predicted octanol–water partition coefficient (Wildman–Crippen LogP) is 15.9. The Morgan fingerprint density at radius 2 is 0.714 bits per heavy atom. The fourth-order valence-electron chi connectivity index (χ4n) is 7.87. The molecule has 0 unspecified atom stereocenters. The molecule has 1 nitrogen and oxygen atoms in total. The van der Waals surface area contributed by atoms with Crippen molar-refractivity contribution in [3.8, 4) is 55.6 Å². The average Bonchev–Trinajstić information content (AvgIpc) is 3.67. The highest BCUT2D eigenvalue weighted by Gasteiger charge is 2.19. The highest BCUT2D eigenvalue weighted by atomic mass is 32.1. The first-order valence-corrected chi connectivity index (χ1v) is 19.9. The van der Waals surface area contributed by atoms with Crippen LogP contribution in [0.2, 0.25) is 0 Å². The Hall–Kier alpha value is -7.00. The van der Waals surface area contributed by atoms with Crippen molar-refractivity contribution in [2.75, 3.05) is 4.90 Å². The molecular formula is C54H37NS. The van der Waals surface area contributed by atoms with E-state index in [-0.39, 0.29) is 0 Å². The Labute approximate surface area is 332 Å². The number of anilines is 3. The van der Waals surface area contributed by atoms with Crippen molar-refractivity contribution < 1.29 is 0 Å². The van der Waals surface area contributed by atoms with Gasteiger partial charge in [0.25, 0.3) is 0 Å². The standard InChI is InChI=1S/C54H37NS/c1-4-13-38(14-5-1)40-23-25-42(26-24-40)45-31-36-52(51(37-45)43-17-8-3-9-18-43)55(46-32-27-41(28-33-46)39-15-6-2-7-16-39)47-34-29-44(30-35-47)48-20-12-21-50-49-19-10-11-22-53(49)56-54(48)50/h1-37H. The molecule has 0 radical (unpaired) electrons. The van der Waals surface area contributed by atoms with Crippen molar-refractivity contribution in [2.24, 2.45) is 0 Å². The van der Waals surface area contributed by atoms with E-state index in [0.29, 0.717) is 0 Å². The zero-order valence-electron chi connectivity index (χ0n) is 30.7. The third-order valence-corrected chi connectivity index (χ3v) is 11.9. The van der Waals surface area contributed by atoms with E-state index in [4.69, 9.17) is 0 Å². The summed E-state index contributed by atoms with van der Waals surface area (Å²) in [7, 11) is 0. The molecule has 0 spiro atoms. The highest BCUT2D eigenvalue weighted by Crippen LogP contribution is 2.45. The number of benzene rings is 9. The van der Waals surface area contributed by atoms with E-state index in [1.807, 2.05) is 11.3 Å². The summed E-state index contributed by atoms with van der Waals surface area (Å²) in [4.78, 5) is 2.41. The molecule has 0 aliphatic carbocycles. The number of rotatable bonds is 8. The lowest BCUT2D eigenvalue weighted by molar-refractivity contribution is 1.28. The largest absolute Gasteiger partial charge is 0.310 e. The maximum absolute atomic E-state index is 2.41. The molecule has 2 heteroatoms. The lowest BCUT2D eigenvalue weighted by Gasteiger charge is -2.29. The van der Waals surface area contributed by atoms with Gasteiger partial charge >= 0.3 is 0 Å². The van der Waals surface area contributed by atoms with E-state index < -0.39 is 0 Å². The van der Waals surface area contributed by atoms with Gasteiger partial charge in [-0.3, -0.25) is 0 Å². The second-order valence-corrected chi connectivity index (χ2v) is 15.2. The van der Waals surface area contributed by atoms with Crippen molar-refractivity contribution in [3.63, 3.8) is 0 Å². The van der Waals surface area contributed by atoms with Crippen molar-refractivity contribution in [1.82, 2.24) is 0 Å². The minimum atomic E-state index is 1.10. The molecule has 10 aromatic rings. The summed E-state index contributed by atoms with van der Waals surface area (Å²) < 4.78 is 2.65. The topological polar surface area (TPSA) is 3.24 Å². The van der Waals surface area contributed by atoms with Gasteiger partial charge in [-0.1, -0.05) is 182 Å². The smallest absolute Gasteiger partial charge is 0.0540 e. The SMILES string of the molecule is c1ccc(-c2ccc(-c3ccc(N(c4ccc(-c5ccccc5)cc4)c4ccc(-c5cccc6c5sc5ccccc56)cc4)c(-c4ccccc4)c3)cc2)cc1. The summed E-state index contributed by atoms with van der Waals surface area (Å²) >= 11 is 1.87. The van der Waals surface area contributed by atoms with E-state index in [9.17, 15) is 0 Å². The van der Waals surface area contributed by atoms with Crippen molar-refractivity contribution >= 4 is 48.6 Å². The van der Waals surface area contributed by atoms with Crippen LogP contribution in [0, 0.1) is 0 Å². The molecule has 0 saturated carbocycles. The Bertz CT molecular complexity index is 2910. The van der Waals surface area contributed by atoms with Crippen molar-refractivity contribution in [3.05, 3.63) is 224 Å². The molecule has 9 aromatic carbocycles. The maximum Gasteiger partial charge on any atom is 0.0540 e. The molecule has 0 amide bonds. The van der Waals surface area contributed by atoms with E-state index in [2.05, 4.69) is 229 Å². The summed E-state index contributed by atoms with van der Waals surface area (Å²) in [5, 5.41) is 2.63. The second-order valence-electron chi connectivity index (χ2n) is 14.1. The summed E-state index contributed by atoms with van der Waals surface area (Å²) in [6.45, 7) is 0. The van der Waals surface area contributed by atoms with Gasteiger partial charge < -0.3 is 4.90 Å². The number of nitrogens with zero attached hydrogens (tertiary/aromatic N) is 1. The number of hydrogen-bond donors (Lipinski definition) is 0. The number of thiophene rings is 1. The molecule has 56 heavy (non-hydrogen) atoms. The second kappa shape index (κ2) is 14.7. The first-order valence-electron chi connectivity index (χ1n) is 19.1. The van der Waals surface area contributed by atoms with E-state index >= 15 is 0 Å². The molecule has 0 fully saturated rings. The van der Waals surface area contributed by atoms with Gasteiger partial charge in [0.2, 0.25) is 0 Å². The third-order valence-electron chi connectivity index (χ3n) is 10.7. The van der Waals surface area contributed by atoms with Gasteiger partial charge in [-0.05, 0) is 92.5 Å². The van der Waals surface area contributed by atoms with Crippen LogP contribution in [0.4, 0.5) is 17.1 Å². The van der Waals surface area contributed by atoms with Crippen LogP contribution in [0.5, 0.6) is 0 Å². The average molecular weight is 732 g/mol. The van der Waals surface area contributed by atoms with Crippen LogP contribution in [-0.4, -0.2) is 0 Å². The number of hydrogen-bond acceptors (Lipinski definition) is 2. The molecule has 0 bridgehead atoms. The van der Waals surface area contributed by atoms with Gasteiger partial charge in [0.05, 0.1) is 5.69 Å². The predicted molar refractivity (Wildman–Crippen MR) is 241 cm³/mol. The Morgan fingerprint density at radius 3 is 1.32 bits per heavy atom. The van der Waals surface area contributed by atoms with E-state index in [1.54, 1.807) is 0 Å². The first-order chi connectivity index (χ1) is 27.8. The van der Waals surface area contributed by atoms with Gasteiger partial charge in [-0.25, -0.2) is 0 Å². The fourth-order valence-corrected chi connectivity index (χ4v) is 9.11. The van der Waals surface area contributed by atoms with Crippen LogP contribution >= 0.6 is 11.3 Å². The lowest BCUT2D eigenvalue weighted by Crippen LogP contribution is -2.11. The molecule has 10 rings (SSSR count). The van der Waals surface area contributed by atoms with Crippen LogP contribution in [0.3, 0.4) is 0 Å². The molecule has 1 aromatic heterocycles. The fraction of sp³-hybridized carbons (Fsp3) is 0. The van der Waals surface area contributed by atoms with E-state index in [1.165, 1.54) is 75.8 Å². The Kier molecular flexibility index (Phi) is 8.79. The first kappa shape index (κ1) is 33.6. The number of fused-ring (bicyclic) bond motifs is 3. The van der Waals surface area contributed by atoms with E-state index in [0.717, 1.165) is 17.1 Å². The molecule has 0 aliphatic heterocycles. The Morgan fingerprint density at radius 1 is 0.286 bits per heavy atom. The van der Waals surface area contributed by atoms with Crippen LogP contribution < -0.4 is 4.90 Å². The summed E-state index contributed by atoms with van der Waals surface area (Å²) in [6.07, 6.45) is 0. The minimum absolute atomic E-state index is 1.10. The molecule has 1 heterocycles. The molecule has 0 aliphatic rings. The van der Waals surface area contributed by atoms with Gasteiger partial charge in [0.15, 0.2) is 0 Å². The lowest BCUT2D eigenvalue weighted by atomic mass is 9.95. The summed E-state index contributed by atoms with van der Waals surface area (Å²) in [5.41, 5.74) is 15.3. The molecule has 264 valence electrons. The summed E-state index contributed by atoms with van der Waals surface area (Å²) in [6, 6.07) is 81.3. The third kappa shape index (κ3) is 6.36. The van der Waals surface area contributed by atoms with Crippen molar-refractivity contribution in [1.29, 1.82) is 0 Å². The highest BCUT2D eigenvalue weighted by molar-refractivity contribution is 7.26. The molecule has 0 N–H and O–H groups in total. The maximum atomic E-state index is 2.41. The molecule has 0 atom stereocenters. The van der Waals surface area contributed by atoms with Crippen LogP contribution in [0.15, 0.2) is 224 Å². The van der Waals surface area contributed by atoms with Crippen LogP contribution in [-0.2, 0) is 0 Å². The van der Waals surface area contributed by atoms with Gasteiger partial charge in [0, 0.05) is 37.1 Å². The zero-order valence-corrected chi connectivity index (χ0v) is 31.5.